The molecule has 2 N–H and O–H groups in total. The summed E-state index contributed by atoms with van der Waals surface area (Å²) in [5.41, 5.74) is 5.64. The van der Waals surface area contributed by atoms with Gasteiger partial charge in [-0.25, -0.2) is 0 Å². The number of nitrogens with zero attached hydrogens (tertiary/aromatic N) is 1. The summed E-state index contributed by atoms with van der Waals surface area (Å²) in [5.74, 6) is 1.71. The van der Waals surface area contributed by atoms with Crippen LogP contribution in [0.1, 0.15) is 25.5 Å². The Morgan fingerprint density at radius 2 is 2.46 bits per heavy atom. The first-order chi connectivity index (χ1) is 6.33. The van der Waals surface area contributed by atoms with Crippen LogP contribution in [0.4, 0.5) is 0 Å². The Morgan fingerprint density at radius 3 is 3.08 bits per heavy atom. The Balaban J connectivity index is 2.24. The maximum absolute atomic E-state index is 5.64. The molecule has 0 spiro atoms. The first-order valence-corrected chi connectivity index (χ1v) is 4.64. The third-order valence-electron chi connectivity index (χ3n) is 1.76. The van der Waals surface area contributed by atoms with Crippen LogP contribution in [0.3, 0.4) is 0 Å². The molecule has 0 fully saturated rings. The number of nitrogens with two attached hydrogens (primary N) is 1. The van der Waals surface area contributed by atoms with E-state index >= 15 is 0 Å². The fraction of sp³-hybridized carbons (Fsp3) is 0.500. The van der Waals surface area contributed by atoms with Crippen LogP contribution < -0.4 is 5.73 Å². The summed E-state index contributed by atoms with van der Waals surface area (Å²) in [7, 11) is 0. The average molecular weight is 180 g/mol. The Bertz CT molecular complexity index is 252. The molecular formula is C10H16N2O. The normalized spacial score (nSPS) is 11.9. The van der Waals surface area contributed by atoms with E-state index in [1.54, 1.807) is 6.26 Å². The molecule has 0 aromatic carbocycles. The molecule has 0 amide bonds. The molecule has 0 saturated carbocycles. The molecule has 0 atom stereocenters. The topological polar surface area (TPSA) is 51.5 Å². The zero-order chi connectivity index (χ0) is 9.52. The molecule has 1 rings (SSSR count). The minimum absolute atomic E-state index is 0.722. The van der Waals surface area contributed by atoms with Gasteiger partial charge in [0, 0.05) is 19.4 Å². The van der Waals surface area contributed by atoms with Gasteiger partial charge in [-0.2, -0.15) is 0 Å². The SMILES string of the molecule is CCCC(N)=NCCc1ccco1. The largest absolute Gasteiger partial charge is 0.469 e. The van der Waals surface area contributed by atoms with E-state index in [1.165, 1.54) is 0 Å². The van der Waals surface area contributed by atoms with Crippen LogP contribution in [0, 0.1) is 0 Å². The predicted octanol–water partition coefficient (Wildman–Crippen LogP) is 1.98. The quantitative estimate of drug-likeness (QED) is 0.556. The van der Waals surface area contributed by atoms with Crippen molar-refractivity contribution in [1.82, 2.24) is 0 Å². The molecule has 0 unspecified atom stereocenters. The van der Waals surface area contributed by atoms with Crippen molar-refractivity contribution >= 4 is 5.84 Å². The van der Waals surface area contributed by atoms with Crippen molar-refractivity contribution in [2.45, 2.75) is 26.2 Å². The fourth-order valence-corrected chi connectivity index (χ4v) is 1.10. The second-order valence-corrected chi connectivity index (χ2v) is 2.95. The lowest BCUT2D eigenvalue weighted by Gasteiger charge is -1.96. The van der Waals surface area contributed by atoms with Gasteiger partial charge in [0.05, 0.1) is 12.1 Å². The van der Waals surface area contributed by atoms with Gasteiger partial charge in [-0.3, -0.25) is 4.99 Å². The Labute approximate surface area is 78.7 Å². The highest BCUT2D eigenvalue weighted by Crippen LogP contribution is 2.00. The number of rotatable bonds is 5. The highest BCUT2D eigenvalue weighted by molar-refractivity contribution is 5.80. The maximum Gasteiger partial charge on any atom is 0.105 e. The van der Waals surface area contributed by atoms with E-state index in [1.807, 2.05) is 12.1 Å². The van der Waals surface area contributed by atoms with Gasteiger partial charge in [0.25, 0.3) is 0 Å². The first kappa shape index (κ1) is 9.84. The van der Waals surface area contributed by atoms with Gasteiger partial charge < -0.3 is 10.2 Å². The third-order valence-corrected chi connectivity index (χ3v) is 1.76. The van der Waals surface area contributed by atoms with Crippen molar-refractivity contribution in [3.63, 3.8) is 0 Å². The van der Waals surface area contributed by atoms with Crippen molar-refractivity contribution in [1.29, 1.82) is 0 Å². The molecule has 0 aliphatic heterocycles. The summed E-state index contributed by atoms with van der Waals surface area (Å²) in [6, 6.07) is 3.83. The summed E-state index contributed by atoms with van der Waals surface area (Å²) in [5, 5.41) is 0. The molecule has 3 heteroatoms. The standard InChI is InChI=1S/C10H16N2O/c1-2-4-10(11)12-7-6-9-5-3-8-13-9/h3,5,8H,2,4,6-7H2,1H3,(H2,11,12). The highest BCUT2D eigenvalue weighted by atomic mass is 16.3. The van der Waals surface area contributed by atoms with E-state index in [4.69, 9.17) is 10.2 Å². The van der Waals surface area contributed by atoms with Crippen LogP contribution in [-0.2, 0) is 6.42 Å². The lowest BCUT2D eigenvalue weighted by molar-refractivity contribution is 0.511. The molecule has 0 saturated heterocycles. The van der Waals surface area contributed by atoms with Crippen LogP contribution in [0.15, 0.2) is 27.8 Å². The molecule has 13 heavy (non-hydrogen) atoms. The van der Waals surface area contributed by atoms with Crippen LogP contribution in [0.5, 0.6) is 0 Å². The van der Waals surface area contributed by atoms with Crippen LogP contribution >= 0.6 is 0 Å². The molecule has 0 aliphatic rings. The van der Waals surface area contributed by atoms with Gasteiger partial charge in [0.15, 0.2) is 0 Å². The van der Waals surface area contributed by atoms with Gasteiger partial charge in [-0.15, -0.1) is 0 Å². The lowest BCUT2D eigenvalue weighted by Crippen LogP contribution is -2.11. The van der Waals surface area contributed by atoms with Crippen molar-refractivity contribution in [3.05, 3.63) is 24.2 Å². The van der Waals surface area contributed by atoms with Gasteiger partial charge in [0.1, 0.15) is 5.76 Å². The van der Waals surface area contributed by atoms with Crippen LogP contribution in [0.2, 0.25) is 0 Å². The van der Waals surface area contributed by atoms with Crippen molar-refractivity contribution < 1.29 is 4.42 Å². The van der Waals surface area contributed by atoms with Crippen molar-refractivity contribution in [3.8, 4) is 0 Å². The van der Waals surface area contributed by atoms with Gasteiger partial charge in [-0.05, 0) is 18.6 Å². The molecular weight excluding hydrogens is 164 g/mol. The number of amidine groups is 1. The predicted molar refractivity (Wildman–Crippen MR) is 53.8 cm³/mol. The summed E-state index contributed by atoms with van der Waals surface area (Å²) in [4.78, 5) is 4.22. The molecule has 0 aliphatic carbocycles. The van der Waals surface area contributed by atoms with Gasteiger partial charge in [-0.1, -0.05) is 6.92 Å². The zero-order valence-corrected chi connectivity index (χ0v) is 7.99. The first-order valence-electron chi connectivity index (χ1n) is 4.64. The monoisotopic (exact) mass is 180 g/mol. The molecule has 1 aromatic rings. The minimum Gasteiger partial charge on any atom is -0.469 e. The second kappa shape index (κ2) is 5.41. The van der Waals surface area contributed by atoms with Crippen molar-refractivity contribution in [2.75, 3.05) is 6.54 Å². The molecule has 0 radical (unpaired) electrons. The molecule has 1 aromatic heterocycles. The van der Waals surface area contributed by atoms with Gasteiger partial charge in [0.2, 0.25) is 0 Å². The highest BCUT2D eigenvalue weighted by Gasteiger charge is 1.94. The number of hydrogen-bond acceptors (Lipinski definition) is 2. The number of furan rings is 1. The minimum atomic E-state index is 0.722. The van der Waals surface area contributed by atoms with E-state index in [-0.39, 0.29) is 0 Å². The maximum atomic E-state index is 5.64. The summed E-state index contributed by atoms with van der Waals surface area (Å²) < 4.78 is 5.17. The summed E-state index contributed by atoms with van der Waals surface area (Å²) in [6.45, 7) is 2.81. The van der Waals surface area contributed by atoms with Crippen LogP contribution in [0.25, 0.3) is 0 Å². The van der Waals surface area contributed by atoms with Crippen molar-refractivity contribution in [2.24, 2.45) is 10.7 Å². The Morgan fingerprint density at radius 1 is 1.62 bits per heavy atom. The molecule has 3 nitrogen and oxygen atoms in total. The Hall–Kier alpha value is -1.25. The lowest BCUT2D eigenvalue weighted by atomic mass is 10.3. The number of aliphatic imine (C=N–C) groups is 1. The van der Waals surface area contributed by atoms with E-state index in [2.05, 4.69) is 11.9 Å². The average Bonchev–Trinajstić information content (AvgIpc) is 2.57. The number of hydrogen-bond donors (Lipinski definition) is 1. The fourth-order valence-electron chi connectivity index (χ4n) is 1.10. The molecule has 1 heterocycles. The van der Waals surface area contributed by atoms with E-state index in [9.17, 15) is 0 Å². The smallest absolute Gasteiger partial charge is 0.105 e. The molecule has 0 bridgehead atoms. The summed E-state index contributed by atoms with van der Waals surface area (Å²) >= 11 is 0. The van der Waals surface area contributed by atoms with Crippen LogP contribution in [-0.4, -0.2) is 12.4 Å². The van der Waals surface area contributed by atoms with Gasteiger partial charge >= 0.3 is 0 Å². The van der Waals surface area contributed by atoms with E-state index < -0.39 is 0 Å². The second-order valence-electron chi connectivity index (χ2n) is 2.95. The van der Waals surface area contributed by atoms with E-state index in [0.29, 0.717) is 0 Å². The zero-order valence-electron chi connectivity index (χ0n) is 7.99. The Kier molecular flexibility index (Phi) is 4.09. The van der Waals surface area contributed by atoms with E-state index in [0.717, 1.165) is 37.4 Å². The third kappa shape index (κ3) is 3.78. The molecule has 72 valence electrons. The summed E-state index contributed by atoms with van der Waals surface area (Å²) in [6.07, 6.45) is 4.44.